The number of thioether (sulfide) groups is 1. The van der Waals surface area contributed by atoms with Gasteiger partial charge in [0.15, 0.2) is 0 Å². The van der Waals surface area contributed by atoms with Crippen LogP contribution < -0.4 is 0 Å². The molecule has 1 aromatic carbocycles. The van der Waals surface area contributed by atoms with Crippen molar-refractivity contribution in [3.8, 4) is 0 Å². The molecule has 2 unspecified atom stereocenters. The summed E-state index contributed by atoms with van der Waals surface area (Å²) in [5, 5.41) is 1.41. The Balaban J connectivity index is 2.17. The maximum Gasteiger partial charge on any atom is 0.125 e. The van der Waals surface area contributed by atoms with Crippen LogP contribution in [0.5, 0.6) is 0 Å². The summed E-state index contributed by atoms with van der Waals surface area (Å²) in [5.41, 5.74) is 2.11. The lowest BCUT2D eigenvalue weighted by Gasteiger charge is -2.22. The average molecular weight is 315 g/mol. The molecule has 0 spiro atoms. The highest BCUT2D eigenvalue weighted by molar-refractivity contribution is 7.99. The van der Waals surface area contributed by atoms with Crippen LogP contribution in [-0.2, 0) is 5.88 Å². The topological polar surface area (TPSA) is 17.8 Å². The predicted molar refractivity (Wildman–Crippen MR) is 84.5 cm³/mol. The van der Waals surface area contributed by atoms with Gasteiger partial charge in [0.05, 0.1) is 16.9 Å². The van der Waals surface area contributed by atoms with E-state index in [1.807, 2.05) is 30.0 Å². The molecule has 0 bridgehead atoms. The van der Waals surface area contributed by atoms with Gasteiger partial charge in [-0.15, -0.1) is 11.6 Å². The average Bonchev–Trinajstić information content (AvgIpc) is 3.00. The van der Waals surface area contributed by atoms with Gasteiger partial charge in [-0.2, -0.15) is 11.8 Å². The van der Waals surface area contributed by atoms with E-state index in [0.717, 1.165) is 21.9 Å². The molecule has 5 heteroatoms. The zero-order valence-corrected chi connectivity index (χ0v) is 13.1. The number of aromatic nitrogens is 2. The van der Waals surface area contributed by atoms with Gasteiger partial charge in [-0.3, -0.25) is 0 Å². The van der Waals surface area contributed by atoms with Crippen LogP contribution >= 0.6 is 35.0 Å². The number of benzene rings is 1. The van der Waals surface area contributed by atoms with E-state index in [1.165, 1.54) is 19.3 Å². The summed E-state index contributed by atoms with van der Waals surface area (Å²) in [5.74, 6) is 1.41. The molecule has 1 fully saturated rings. The van der Waals surface area contributed by atoms with Gasteiger partial charge in [-0.25, -0.2) is 4.98 Å². The predicted octanol–water partition coefficient (Wildman–Crippen LogP) is 4.89. The molecule has 2 atom stereocenters. The molecule has 0 saturated heterocycles. The van der Waals surface area contributed by atoms with Crippen LogP contribution in [0.3, 0.4) is 0 Å². The van der Waals surface area contributed by atoms with Crippen molar-refractivity contribution in [1.82, 2.24) is 9.55 Å². The van der Waals surface area contributed by atoms with Crippen LogP contribution in [0.15, 0.2) is 18.2 Å². The van der Waals surface area contributed by atoms with Crippen molar-refractivity contribution >= 4 is 46.0 Å². The first-order valence-electron chi connectivity index (χ1n) is 6.49. The quantitative estimate of drug-likeness (QED) is 0.751. The lowest BCUT2D eigenvalue weighted by Crippen LogP contribution is -2.17. The Morgan fingerprint density at radius 1 is 1.42 bits per heavy atom. The third kappa shape index (κ3) is 2.37. The molecule has 3 rings (SSSR count). The number of hydrogen-bond acceptors (Lipinski definition) is 2. The molecule has 1 saturated carbocycles. The maximum atomic E-state index is 6.14. The van der Waals surface area contributed by atoms with Gasteiger partial charge in [0, 0.05) is 16.3 Å². The Morgan fingerprint density at radius 2 is 2.26 bits per heavy atom. The minimum absolute atomic E-state index is 0.448. The highest BCUT2D eigenvalue weighted by Crippen LogP contribution is 2.40. The SMILES string of the molecule is CSC1CCCC1n1c(CCl)nc2ccc(Cl)cc21. The number of imidazole rings is 1. The molecule has 102 valence electrons. The van der Waals surface area contributed by atoms with Gasteiger partial charge in [-0.05, 0) is 37.3 Å². The standard InChI is InChI=1S/C14H16Cl2N2S/c1-19-13-4-2-3-11(13)18-12-7-9(16)5-6-10(12)17-14(18)8-15/h5-7,11,13H,2-4,8H2,1H3. The van der Waals surface area contributed by atoms with Gasteiger partial charge < -0.3 is 4.57 Å². The van der Waals surface area contributed by atoms with E-state index in [2.05, 4.69) is 15.8 Å². The zero-order chi connectivity index (χ0) is 13.4. The fourth-order valence-corrected chi connectivity index (χ4v) is 4.39. The number of rotatable bonds is 3. The first-order chi connectivity index (χ1) is 9.24. The van der Waals surface area contributed by atoms with E-state index in [4.69, 9.17) is 23.2 Å². The molecule has 1 aliphatic carbocycles. The summed E-state index contributed by atoms with van der Waals surface area (Å²) in [6.07, 6.45) is 5.94. The van der Waals surface area contributed by atoms with E-state index >= 15 is 0 Å². The Bertz CT molecular complexity index is 596. The van der Waals surface area contributed by atoms with E-state index in [-0.39, 0.29) is 0 Å². The second kappa shape index (κ2) is 5.55. The van der Waals surface area contributed by atoms with Crippen LogP contribution in [0.2, 0.25) is 5.02 Å². The third-order valence-corrected chi connectivity index (χ3v) is 5.53. The summed E-state index contributed by atoms with van der Waals surface area (Å²) in [4.78, 5) is 4.65. The summed E-state index contributed by atoms with van der Waals surface area (Å²) in [7, 11) is 0. The lowest BCUT2D eigenvalue weighted by molar-refractivity contribution is 0.528. The zero-order valence-electron chi connectivity index (χ0n) is 10.8. The van der Waals surface area contributed by atoms with Gasteiger partial charge in [0.2, 0.25) is 0 Å². The Kier molecular flexibility index (Phi) is 3.97. The molecular formula is C14H16Cl2N2S. The molecule has 1 aliphatic rings. The number of halogens is 2. The fourth-order valence-electron chi connectivity index (χ4n) is 3.06. The minimum Gasteiger partial charge on any atom is -0.323 e. The number of nitrogens with zero attached hydrogens (tertiary/aromatic N) is 2. The van der Waals surface area contributed by atoms with Crippen molar-refractivity contribution in [1.29, 1.82) is 0 Å². The molecule has 0 N–H and O–H groups in total. The van der Waals surface area contributed by atoms with Crippen molar-refractivity contribution in [2.45, 2.75) is 36.4 Å². The Morgan fingerprint density at radius 3 is 3.00 bits per heavy atom. The smallest absolute Gasteiger partial charge is 0.125 e. The first kappa shape index (κ1) is 13.6. The van der Waals surface area contributed by atoms with E-state index in [9.17, 15) is 0 Å². The molecule has 1 heterocycles. The molecular weight excluding hydrogens is 299 g/mol. The van der Waals surface area contributed by atoms with Crippen molar-refractivity contribution in [3.05, 3.63) is 29.0 Å². The van der Waals surface area contributed by atoms with Crippen LogP contribution in [-0.4, -0.2) is 21.1 Å². The third-order valence-electron chi connectivity index (χ3n) is 3.90. The largest absolute Gasteiger partial charge is 0.323 e. The summed E-state index contributed by atoms with van der Waals surface area (Å²) in [6, 6.07) is 6.37. The minimum atomic E-state index is 0.448. The maximum absolute atomic E-state index is 6.14. The summed E-state index contributed by atoms with van der Waals surface area (Å²) in [6.45, 7) is 0. The molecule has 0 aliphatic heterocycles. The molecule has 0 amide bonds. The van der Waals surface area contributed by atoms with Crippen LogP contribution in [0.4, 0.5) is 0 Å². The number of hydrogen-bond donors (Lipinski definition) is 0. The first-order valence-corrected chi connectivity index (χ1v) is 8.69. The normalized spacial score (nSPS) is 23.3. The Labute approximate surface area is 127 Å². The monoisotopic (exact) mass is 314 g/mol. The molecule has 2 aromatic rings. The van der Waals surface area contributed by atoms with Crippen LogP contribution in [0.1, 0.15) is 31.1 Å². The second-order valence-electron chi connectivity index (χ2n) is 4.94. The molecule has 19 heavy (non-hydrogen) atoms. The summed E-state index contributed by atoms with van der Waals surface area (Å²) >= 11 is 14.2. The van der Waals surface area contributed by atoms with E-state index in [1.54, 1.807) is 0 Å². The van der Waals surface area contributed by atoms with Crippen molar-refractivity contribution in [2.75, 3.05) is 6.26 Å². The number of alkyl halides is 1. The fraction of sp³-hybridized carbons (Fsp3) is 0.500. The van der Waals surface area contributed by atoms with Gasteiger partial charge in [0.1, 0.15) is 5.82 Å². The molecule has 1 aromatic heterocycles. The molecule has 0 radical (unpaired) electrons. The van der Waals surface area contributed by atoms with Gasteiger partial charge in [-0.1, -0.05) is 18.0 Å². The second-order valence-corrected chi connectivity index (χ2v) is 6.72. The van der Waals surface area contributed by atoms with Crippen LogP contribution in [0, 0.1) is 0 Å². The van der Waals surface area contributed by atoms with Crippen molar-refractivity contribution in [2.24, 2.45) is 0 Å². The van der Waals surface area contributed by atoms with Gasteiger partial charge in [0.25, 0.3) is 0 Å². The lowest BCUT2D eigenvalue weighted by atomic mass is 10.2. The number of fused-ring (bicyclic) bond motifs is 1. The highest BCUT2D eigenvalue weighted by Gasteiger charge is 2.30. The van der Waals surface area contributed by atoms with Crippen molar-refractivity contribution in [3.63, 3.8) is 0 Å². The van der Waals surface area contributed by atoms with Gasteiger partial charge >= 0.3 is 0 Å². The van der Waals surface area contributed by atoms with Crippen LogP contribution in [0.25, 0.3) is 11.0 Å². The summed E-state index contributed by atoms with van der Waals surface area (Å²) < 4.78 is 2.32. The van der Waals surface area contributed by atoms with Crippen molar-refractivity contribution < 1.29 is 0 Å². The van der Waals surface area contributed by atoms with E-state index < -0.39 is 0 Å². The molecule has 2 nitrogen and oxygen atoms in total. The highest BCUT2D eigenvalue weighted by atomic mass is 35.5. The van der Waals surface area contributed by atoms with E-state index in [0.29, 0.717) is 17.2 Å². The Hall–Kier alpha value is -0.380.